The van der Waals surface area contributed by atoms with Crippen molar-refractivity contribution in [2.75, 3.05) is 0 Å². The van der Waals surface area contributed by atoms with Gasteiger partial charge < -0.3 is 4.74 Å². The minimum atomic E-state index is -0.135. The molecule has 0 saturated carbocycles. The van der Waals surface area contributed by atoms with Crippen LogP contribution in [0.3, 0.4) is 0 Å². The first-order chi connectivity index (χ1) is 25.7. The first-order valence-corrected chi connectivity index (χ1v) is 20.1. The molecule has 0 spiro atoms. The molecule has 3 heterocycles. The van der Waals surface area contributed by atoms with E-state index >= 15 is 0 Å². The lowest BCUT2D eigenvalue weighted by molar-refractivity contribution is 0.299. The number of benzene rings is 4. The molecule has 284 valence electrons. The molecule has 8 rings (SSSR count). The molecule has 0 atom stereocenters. The summed E-state index contributed by atoms with van der Waals surface area (Å²) in [6.07, 6.45) is 4.20. The second kappa shape index (κ2) is 12.3. The number of pyridine rings is 1. The fourth-order valence-corrected chi connectivity index (χ4v) is 8.94. The van der Waals surface area contributed by atoms with Crippen LogP contribution in [0.4, 0.5) is 0 Å². The fraction of sp³-hybridized carbons (Fsp3) is 0.400. The standard InChI is InChI=1S/C50H58N4O/c1-29(2)36-17-15-18-37(30(3)4)42(36)31-27-51-53(28-31)33-23-32(47(5,6)7)24-35(25-33)55-34-21-22-38-39-19-16-20-40-43(39)45-44(50(13,14)49(40,11)12)46(48(8,9)10)52-54(45)41(38)26-34/h15-30H,1-14H3. The first kappa shape index (κ1) is 37.0. The van der Waals surface area contributed by atoms with Crippen molar-refractivity contribution in [1.82, 2.24) is 19.4 Å². The van der Waals surface area contributed by atoms with Crippen molar-refractivity contribution >= 4 is 27.2 Å². The van der Waals surface area contributed by atoms with E-state index in [1.54, 1.807) is 0 Å². The number of ether oxygens (including phenoxy) is 1. The summed E-state index contributed by atoms with van der Waals surface area (Å²) in [5, 5.41) is 14.2. The Hall–Kier alpha value is -4.90. The highest BCUT2D eigenvalue weighted by atomic mass is 16.5. The van der Waals surface area contributed by atoms with E-state index in [9.17, 15) is 0 Å². The van der Waals surface area contributed by atoms with Gasteiger partial charge in [0, 0.05) is 51.1 Å². The molecule has 0 unspecified atom stereocenters. The van der Waals surface area contributed by atoms with Crippen LogP contribution in [0.5, 0.6) is 11.5 Å². The van der Waals surface area contributed by atoms with Gasteiger partial charge in [0.05, 0.1) is 28.6 Å². The Morgan fingerprint density at radius 3 is 2.00 bits per heavy atom. The van der Waals surface area contributed by atoms with Gasteiger partial charge in [0.2, 0.25) is 0 Å². The Bertz CT molecular complexity index is 2620. The molecule has 0 amide bonds. The van der Waals surface area contributed by atoms with Gasteiger partial charge in [-0.15, -0.1) is 0 Å². The van der Waals surface area contributed by atoms with E-state index in [1.807, 2.05) is 10.9 Å². The number of fused-ring (bicyclic) bond motifs is 3. The Balaban J connectivity index is 1.29. The van der Waals surface area contributed by atoms with Crippen LogP contribution in [0, 0.1) is 0 Å². The number of nitrogens with zero attached hydrogens (tertiary/aromatic N) is 4. The van der Waals surface area contributed by atoms with Gasteiger partial charge in [0.15, 0.2) is 0 Å². The van der Waals surface area contributed by atoms with Crippen molar-refractivity contribution in [2.24, 2.45) is 0 Å². The zero-order chi connectivity index (χ0) is 39.6. The molecule has 1 aliphatic carbocycles. The molecule has 0 radical (unpaired) electrons. The number of hydrogen-bond donors (Lipinski definition) is 0. The Morgan fingerprint density at radius 2 is 1.36 bits per heavy atom. The zero-order valence-electron chi connectivity index (χ0n) is 35.4. The van der Waals surface area contributed by atoms with Crippen molar-refractivity contribution in [3.8, 4) is 28.3 Å². The molecule has 4 aromatic carbocycles. The normalized spacial score (nSPS) is 15.3. The average Bonchev–Trinajstić information content (AvgIpc) is 3.77. The Labute approximate surface area is 327 Å². The lowest BCUT2D eigenvalue weighted by Crippen LogP contribution is -2.43. The van der Waals surface area contributed by atoms with Gasteiger partial charge in [-0.1, -0.05) is 133 Å². The van der Waals surface area contributed by atoms with Crippen LogP contribution in [0.2, 0.25) is 0 Å². The van der Waals surface area contributed by atoms with E-state index in [2.05, 4.69) is 180 Å². The van der Waals surface area contributed by atoms with E-state index in [0.29, 0.717) is 11.8 Å². The van der Waals surface area contributed by atoms with Gasteiger partial charge in [-0.05, 0) is 80.1 Å². The minimum absolute atomic E-state index is 0.0839. The molecular formula is C50H58N4O. The molecule has 0 fully saturated rings. The summed E-state index contributed by atoms with van der Waals surface area (Å²) in [5.41, 5.74) is 13.0. The van der Waals surface area contributed by atoms with E-state index in [1.165, 1.54) is 55.1 Å². The lowest BCUT2D eigenvalue weighted by atomic mass is 9.56. The highest BCUT2D eigenvalue weighted by Gasteiger charge is 2.49. The van der Waals surface area contributed by atoms with Crippen LogP contribution in [0.15, 0.2) is 85.2 Å². The van der Waals surface area contributed by atoms with Gasteiger partial charge in [-0.3, -0.25) is 0 Å². The van der Waals surface area contributed by atoms with Crippen LogP contribution in [0.1, 0.15) is 142 Å². The van der Waals surface area contributed by atoms with Crippen molar-refractivity contribution in [1.29, 1.82) is 0 Å². The van der Waals surface area contributed by atoms with Crippen molar-refractivity contribution in [3.05, 3.63) is 119 Å². The summed E-state index contributed by atoms with van der Waals surface area (Å²) in [5.74, 6) is 2.36. The smallest absolute Gasteiger partial charge is 0.129 e. The fourth-order valence-electron chi connectivity index (χ4n) is 8.94. The van der Waals surface area contributed by atoms with Crippen molar-refractivity contribution in [2.45, 2.75) is 130 Å². The van der Waals surface area contributed by atoms with Gasteiger partial charge >= 0.3 is 0 Å². The maximum absolute atomic E-state index is 6.87. The third-order valence-electron chi connectivity index (χ3n) is 12.7. The number of aromatic nitrogens is 4. The van der Waals surface area contributed by atoms with E-state index in [4.69, 9.17) is 14.9 Å². The summed E-state index contributed by atoms with van der Waals surface area (Å²) in [4.78, 5) is 0. The molecule has 3 aromatic heterocycles. The van der Waals surface area contributed by atoms with Gasteiger partial charge in [-0.2, -0.15) is 10.2 Å². The van der Waals surface area contributed by atoms with Crippen LogP contribution in [-0.4, -0.2) is 19.4 Å². The summed E-state index contributed by atoms with van der Waals surface area (Å²) in [6.45, 7) is 32.3. The summed E-state index contributed by atoms with van der Waals surface area (Å²) in [7, 11) is 0. The monoisotopic (exact) mass is 730 g/mol. The molecule has 0 aliphatic heterocycles. The molecular weight excluding hydrogens is 673 g/mol. The second-order valence-electron chi connectivity index (χ2n) is 19.8. The molecule has 0 bridgehead atoms. The molecule has 1 aliphatic rings. The van der Waals surface area contributed by atoms with Crippen molar-refractivity contribution < 1.29 is 4.74 Å². The summed E-state index contributed by atoms with van der Waals surface area (Å²) < 4.78 is 11.1. The van der Waals surface area contributed by atoms with E-state index < -0.39 is 0 Å². The quantitative estimate of drug-likeness (QED) is 0.160. The SMILES string of the molecule is CC(C)c1cccc(C(C)C)c1-c1cnn(-c2cc(Oc3ccc4c5cccc6c5c5c(c(C(C)(C)C)nn5c4c3)C(C)(C)C6(C)C)cc(C(C)(C)C)c2)c1. The molecule has 0 saturated heterocycles. The van der Waals surface area contributed by atoms with E-state index in [-0.39, 0.29) is 21.7 Å². The molecule has 55 heavy (non-hydrogen) atoms. The van der Waals surface area contributed by atoms with Crippen LogP contribution >= 0.6 is 0 Å². The van der Waals surface area contributed by atoms with E-state index in [0.717, 1.165) is 34.0 Å². The largest absolute Gasteiger partial charge is 0.457 e. The number of hydrogen-bond acceptors (Lipinski definition) is 3. The second-order valence-corrected chi connectivity index (χ2v) is 19.8. The Morgan fingerprint density at radius 1 is 0.691 bits per heavy atom. The van der Waals surface area contributed by atoms with Crippen LogP contribution in [-0.2, 0) is 21.7 Å². The third kappa shape index (κ3) is 5.71. The maximum Gasteiger partial charge on any atom is 0.129 e. The Kier molecular flexibility index (Phi) is 8.28. The topological polar surface area (TPSA) is 44.3 Å². The van der Waals surface area contributed by atoms with Crippen LogP contribution in [0.25, 0.3) is 44.0 Å². The predicted octanol–water partition coefficient (Wildman–Crippen LogP) is 13.7. The molecule has 5 nitrogen and oxygen atoms in total. The van der Waals surface area contributed by atoms with Gasteiger partial charge in [-0.25, -0.2) is 9.20 Å². The number of rotatable bonds is 6. The van der Waals surface area contributed by atoms with Gasteiger partial charge in [0.1, 0.15) is 11.5 Å². The summed E-state index contributed by atoms with van der Waals surface area (Å²) in [6, 6.07) is 26.6. The first-order valence-electron chi connectivity index (χ1n) is 20.1. The molecule has 7 aromatic rings. The lowest BCUT2D eigenvalue weighted by Gasteiger charge is -2.46. The van der Waals surface area contributed by atoms with Gasteiger partial charge in [0.25, 0.3) is 0 Å². The maximum atomic E-state index is 6.87. The highest BCUT2D eigenvalue weighted by molar-refractivity contribution is 6.16. The van der Waals surface area contributed by atoms with Crippen molar-refractivity contribution in [3.63, 3.8) is 0 Å². The molecule has 0 N–H and O–H groups in total. The minimum Gasteiger partial charge on any atom is -0.457 e. The summed E-state index contributed by atoms with van der Waals surface area (Å²) >= 11 is 0. The third-order valence-corrected chi connectivity index (χ3v) is 12.7. The van der Waals surface area contributed by atoms with Crippen LogP contribution < -0.4 is 4.74 Å². The predicted molar refractivity (Wildman–Crippen MR) is 231 cm³/mol. The average molecular weight is 731 g/mol. The molecule has 5 heteroatoms. The highest BCUT2D eigenvalue weighted by Crippen LogP contribution is 2.55. The zero-order valence-corrected chi connectivity index (χ0v) is 35.4.